The van der Waals surface area contributed by atoms with Crippen molar-refractivity contribution in [3.8, 4) is 0 Å². The summed E-state index contributed by atoms with van der Waals surface area (Å²) in [7, 11) is 0. The van der Waals surface area contributed by atoms with Crippen LogP contribution in [0.4, 0.5) is 5.69 Å². The van der Waals surface area contributed by atoms with Crippen molar-refractivity contribution in [2.45, 2.75) is 13.3 Å². The summed E-state index contributed by atoms with van der Waals surface area (Å²) >= 11 is 0. The van der Waals surface area contributed by atoms with Gasteiger partial charge < -0.3 is 15.1 Å². The molecule has 0 saturated carbocycles. The van der Waals surface area contributed by atoms with Crippen molar-refractivity contribution < 1.29 is 14.4 Å². The maximum atomic E-state index is 12.0. The minimum atomic E-state index is -0.319. The third kappa shape index (κ3) is 4.30. The molecule has 0 radical (unpaired) electrons. The van der Waals surface area contributed by atoms with Crippen LogP contribution in [0, 0.1) is 0 Å². The standard InChI is InChI=1S/C15H19N3O3/c1-12(19)17-7-9-18(10-8-17)15(21)11-14(20)16-13-5-3-2-4-6-13/h2-6H,7-11H2,1H3,(H,16,20). The zero-order valence-corrected chi connectivity index (χ0v) is 12.0. The number of para-hydroxylation sites is 1. The summed E-state index contributed by atoms with van der Waals surface area (Å²) in [5, 5.41) is 2.69. The summed E-state index contributed by atoms with van der Waals surface area (Å²) in [6.45, 7) is 3.54. The summed E-state index contributed by atoms with van der Waals surface area (Å²) in [5.74, 6) is -0.504. The van der Waals surface area contributed by atoms with Gasteiger partial charge in [-0.15, -0.1) is 0 Å². The lowest BCUT2D eigenvalue weighted by atomic mass is 10.2. The van der Waals surface area contributed by atoms with Gasteiger partial charge in [-0.05, 0) is 12.1 Å². The van der Waals surface area contributed by atoms with Gasteiger partial charge in [0.15, 0.2) is 0 Å². The first-order valence-electron chi connectivity index (χ1n) is 6.94. The van der Waals surface area contributed by atoms with Gasteiger partial charge in [0.25, 0.3) is 0 Å². The lowest BCUT2D eigenvalue weighted by Gasteiger charge is -2.34. The highest BCUT2D eigenvalue weighted by Crippen LogP contribution is 2.08. The Bertz CT molecular complexity index is 522. The first-order valence-corrected chi connectivity index (χ1v) is 6.94. The predicted molar refractivity (Wildman–Crippen MR) is 78.5 cm³/mol. The Labute approximate surface area is 123 Å². The van der Waals surface area contributed by atoms with E-state index in [9.17, 15) is 14.4 Å². The van der Waals surface area contributed by atoms with Crippen molar-refractivity contribution in [2.75, 3.05) is 31.5 Å². The molecule has 1 aliphatic heterocycles. The van der Waals surface area contributed by atoms with Gasteiger partial charge in [0.05, 0.1) is 0 Å². The molecule has 1 saturated heterocycles. The van der Waals surface area contributed by atoms with Gasteiger partial charge >= 0.3 is 0 Å². The molecule has 21 heavy (non-hydrogen) atoms. The quantitative estimate of drug-likeness (QED) is 0.833. The highest BCUT2D eigenvalue weighted by atomic mass is 16.2. The van der Waals surface area contributed by atoms with Crippen LogP contribution in [-0.4, -0.2) is 53.7 Å². The number of rotatable bonds is 3. The molecule has 0 bridgehead atoms. The molecular formula is C15H19N3O3. The highest BCUT2D eigenvalue weighted by molar-refractivity contribution is 6.03. The number of nitrogens with one attached hydrogen (secondary N) is 1. The molecule has 112 valence electrons. The van der Waals surface area contributed by atoms with Crippen LogP contribution in [0.3, 0.4) is 0 Å². The smallest absolute Gasteiger partial charge is 0.233 e. The van der Waals surface area contributed by atoms with E-state index >= 15 is 0 Å². The maximum Gasteiger partial charge on any atom is 0.233 e. The largest absolute Gasteiger partial charge is 0.339 e. The van der Waals surface area contributed by atoms with Crippen LogP contribution in [0.25, 0.3) is 0 Å². The molecule has 6 nitrogen and oxygen atoms in total. The van der Waals surface area contributed by atoms with E-state index in [2.05, 4.69) is 5.32 Å². The Morgan fingerprint density at radius 3 is 2.14 bits per heavy atom. The molecule has 0 spiro atoms. The third-order valence-corrected chi connectivity index (χ3v) is 3.45. The molecule has 3 amide bonds. The van der Waals surface area contributed by atoms with Crippen LogP contribution >= 0.6 is 0 Å². The fourth-order valence-corrected chi connectivity index (χ4v) is 2.25. The molecule has 6 heteroatoms. The number of carbonyl (C=O) groups is 3. The zero-order chi connectivity index (χ0) is 15.2. The first-order chi connectivity index (χ1) is 10.1. The van der Waals surface area contributed by atoms with Crippen molar-refractivity contribution in [3.63, 3.8) is 0 Å². The molecule has 0 aliphatic carbocycles. The molecule has 1 aromatic carbocycles. The molecule has 1 aliphatic rings. The Morgan fingerprint density at radius 2 is 1.57 bits per heavy atom. The van der Waals surface area contributed by atoms with Gasteiger partial charge in [-0.2, -0.15) is 0 Å². The SMILES string of the molecule is CC(=O)N1CCN(C(=O)CC(=O)Nc2ccccc2)CC1. The predicted octanol–water partition coefficient (Wildman–Crippen LogP) is 0.706. The van der Waals surface area contributed by atoms with E-state index in [-0.39, 0.29) is 24.1 Å². The second kappa shape index (κ2) is 6.88. The van der Waals surface area contributed by atoms with Crippen molar-refractivity contribution in [1.82, 2.24) is 9.80 Å². The van der Waals surface area contributed by atoms with Crippen molar-refractivity contribution >= 4 is 23.4 Å². The Hall–Kier alpha value is -2.37. The first kappa shape index (κ1) is 15.0. The van der Waals surface area contributed by atoms with Gasteiger partial charge in [-0.3, -0.25) is 14.4 Å². The second-order valence-electron chi connectivity index (χ2n) is 4.98. The minimum absolute atomic E-state index is 0.0175. The van der Waals surface area contributed by atoms with E-state index < -0.39 is 0 Å². The van der Waals surface area contributed by atoms with Gasteiger partial charge in [0.2, 0.25) is 17.7 Å². The number of hydrogen-bond acceptors (Lipinski definition) is 3. The second-order valence-corrected chi connectivity index (χ2v) is 4.98. The number of benzene rings is 1. The number of hydrogen-bond donors (Lipinski definition) is 1. The summed E-state index contributed by atoms with van der Waals surface area (Å²) < 4.78 is 0. The fraction of sp³-hybridized carbons (Fsp3) is 0.400. The van der Waals surface area contributed by atoms with E-state index in [1.807, 2.05) is 18.2 Å². The topological polar surface area (TPSA) is 69.7 Å². The minimum Gasteiger partial charge on any atom is -0.339 e. The highest BCUT2D eigenvalue weighted by Gasteiger charge is 2.23. The van der Waals surface area contributed by atoms with Crippen molar-refractivity contribution in [2.24, 2.45) is 0 Å². The normalized spacial score (nSPS) is 14.7. The molecule has 1 N–H and O–H groups in total. The molecular weight excluding hydrogens is 270 g/mol. The number of amides is 3. The van der Waals surface area contributed by atoms with Gasteiger partial charge in [-0.1, -0.05) is 18.2 Å². The molecule has 0 unspecified atom stereocenters. The summed E-state index contributed by atoms with van der Waals surface area (Å²) in [5.41, 5.74) is 0.677. The van der Waals surface area contributed by atoms with E-state index in [1.54, 1.807) is 21.9 Å². The number of anilines is 1. The monoisotopic (exact) mass is 289 g/mol. The van der Waals surface area contributed by atoms with Crippen LogP contribution in [0.5, 0.6) is 0 Å². The zero-order valence-electron chi connectivity index (χ0n) is 12.0. The van der Waals surface area contributed by atoms with Crippen LogP contribution in [0.1, 0.15) is 13.3 Å². The van der Waals surface area contributed by atoms with Gasteiger partial charge in [0, 0.05) is 38.8 Å². The van der Waals surface area contributed by atoms with Crippen molar-refractivity contribution in [1.29, 1.82) is 0 Å². The third-order valence-electron chi connectivity index (χ3n) is 3.45. The van der Waals surface area contributed by atoms with Crippen LogP contribution in [0.2, 0.25) is 0 Å². The van der Waals surface area contributed by atoms with E-state index in [1.165, 1.54) is 6.92 Å². The van der Waals surface area contributed by atoms with E-state index in [0.717, 1.165) is 0 Å². The van der Waals surface area contributed by atoms with Crippen LogP contribution < -0.4 is 5.32 Å². The molecule has 1 heterocycles. The molecule has 1 fully saturated rings. The Balaban J connectivity index is 1.79. The number of carbonyl (C=O) groups excluding carboxylic acids is 3. The lowest BCUT2D eigenvalue weighted by Crippen LogP contribution is -2.50. The maximum absolute atomic E-state index is 12.0. The average Bonchev–Trinajstić information content (AvgIpc) is 2.48. The fourth-order valence-electron chi connectivity index (χ4n) is 2.25. The average molecular weight is 289 g/mol. The Morgan fingerprint density at radius 1 is 1.00 bits per heavy atom. The van der Waals surface area contributed by atoms with Crippen LogP contribution in [0.15, 0.2) is 30.3 Å². The molecule has 0 aromatic heterocycles. The Kier molecular flexibility index (Phi) is 4.92. The summed E-state index contributed by atoms with van der Waals surface area (Å²) in [4.78, 5) is 38.4. The lowest BCUT2D eigenvalue weighted by molar-refractivity contribution is -0.140. The summed E-state index contributed by atoms with van der Waals surface area (Å²) in [6, 6.07) is 9.04. The van der Waals surface area contributed by atoms with Crippen molar-refractivity contribution in [3.05, 3.63) is 30.3 Å². The van der Waals surface area contributed by atoms with Gasteiger partial charge in [0.1, 0.15) is 6.42 Å². The van der Waals surface area contributed by atoms with E-state index in [4.69, 9.17) is 0 Å². The van der Waals surface area contributed by atoms with E-state index in [0.29, 0.717) is 31.9 Å². The van der Waals surface area contributed by atoms with Crippen LogP contribution in [-0.2, 0) is 14.4 Å². The number of piperazine rings is 1. The number of nitrogens with zero attached hydrogens (tertiary/aromatic N) is 2. The molecule has 1 aromatic rings. The van der Waals surface area contributed by atoms with Gasteiger partial charge in [-0.25, -0.2) is 0 Å². The molecule has 0 atom stereocenters. The molecule has 2 rings (SSSR count). The summed E-state index contributed by atoms with van der Waals surface area (Å²) in [6.07, 6.45) is -0.172.